The Bertz CT molecular complexity index is 2320. The number of rotatable bonds is 19. The van der Waals surface area contributed by atoms with E-state index in [0.717, 1.165) is 32.1 Å². The molecule has 5 rings (SSSR count). The normalized spacial score (nSPS) is 11.5. The number of hydrazine groups is 1. The van der Waals surface area contributed by atoms with Crippen molar-refractivity contribution in [3.63, 3.8) is 0 Å². The number of carbonyl (C=O) groups excluding carboxylic acids is 1. The maximum Gasteiger partial charge on any atom is 0.427 e. The molecule has 1 aromatic heterocycles. The molecule has 1 amide bonds. The molecule has 0 aliphatic heterocycles. The third kappa shape index (κ3) is 10.5. The van der Waals surface area contributed by atoms with Crippen molar-refractivity contribution in [3.05, 3.63) is 100 Å². The molecule has 1 heterocycles. The van der Waals surface area contributed by atoms with Crippen LogP contribution in [0.2, 0.25) is 5.02 Å². The van der Waals surface area contributed by atoms with E-state index >= 15 is 0 Å². The Hall–Kier alpha value is -5.66. The molecule has 0 atom stereocenters. The van der Waals surface area contributed by atoms with Gasteiger partial charge >= 0.3 is 6.09 Å². The Labute approximate surface area is 316 Å². The smallest absolute Gasteiger partial charge is 0.427 e. The number of nitro groups is 1. The van der Waals surface area contributed by atoms with Crippen LogP contribution in [-0.4, -0.2) is 49.5 Å². The quantitative estimate of drug-likeness (QED) is 0.0375. The Morgan fingerprint density at radius 2 is 1.50 bits per heavy atom. The summed E-state index contributed by atoms with van der Waals surface area (Å²) in [6.45, 7) is 2.05. The summed E-state index contributed by atoms with van der Waals surface area (Å²) in [7, 11) is -8.50. The number of sulfonamides is 2. The van der Waals surface area contributed by atoms with Crippen LogP contribution in [0.3, 0.4) is 0 Å². The molecular weight excluding hydrogens is 764 g/mol. The zero-order valence-corrected chi connectivity index (χ0v) is 31.3. The van der Waals surface area contributed by atoms with E-state index in [1.165, 1.54) is 83.5 Å². The molecule has 17 nitrogen and oxygen atoms in total. The van der Waals surface area contributed by atoms with Crippen molar-refractivity contribution in [1.82, 2.24) is 20.4 Å². The summed E-state index contributed by atoms with van der Waals surface area (Å²) in [5.41, 5.74) is 5.98. The molecule has 0 unspecified atom stereocenters. The number of ether oxygens (including phenoxy) is 2. The standard InChI is InChI=1S/C34H37ClN8O9S2/c1-2-3-4-5-6-9-20-51-31-19-16-26(40-53(47,48)32-11-8-7-10-28(32)35)21-33(31)54(49,50)39-25-14-12-24(13-15-25)36-38-34(44)52-23-42-30-18-17-27(43(45)46)22-29(30)37-41-42/h7-8,10-19,21-22,36,39-40H,2-6,9,20,23H2,1H3,(H,38,44). The Kier molecular flexibility index (Phi) is 13.1. The first-order chi connectivity index (χ1) is 25.9. The van der Waals surface area contributed by atoms with Gasteiger partial charge in [0.05, 0.1) is 33.4 Å². The van der Waals surface area contributed by atoms with E-state index in [2.05, 4.69) is 37.5 Å². The third-order valence-corrected chi connectivity index (χ3v) is 11.1. The first-order valence-corrected chi connectivity index (χ1v) is 20.0. The summed E-state index contributed by atoms with van der Waals surface area (Å²) in [5, 5.41) is 18.7. The summed E-state index contributed by atoms with van der Waals surface area (Å²) in [6, 6.07) is 19.7. The van der Waals surface area contributed by atoms with Gasteiger partial charge in [-0.05, 0) is 67.1 Å². The van der Waals surface area contributed by atoms with Gasteiger partial charge < -0.3 is 9.47 Å². The van der Waals surface area contributed by atoms with E-state index < -0.39 is 31.1 Å². The first kappa shape index (κ1) is 39.5. The highest BCUT2D eigenvalue weighted by Crippen LogP contribution is 2.32. The van der Waals surface area contributed by atoms with E-state index in [0.29, 0.717) is 17.6 Å². The second-order valence-corrected chi connectivity index (χ2v) is 15.5. The lowest BCUT2D eigenvalue weighted by molar-refractivity contribution is -0.384. The molecule has 0 aliphatic carbocycles. The van der Waals surface area contributed by atoms with Gasteiger partial charge in [0.2, 0.25) is 0 Å². The van der Waals surface area contributed by atoms with Crippen molar-refractivity contribution in [2.24, 2.45) is 0 Å². The van der Waals surface area contributed by atoms with Gasteiger partial charge in [-0.15, -0.1) is 5.10 Å². The van der Waals surface area contributed by atoms with Gasteiger partial charge in [0, 0.05) is 17.8 Å². The number of aromatic nitrogens is 3. The van der Waals surface area contributed by atoms with Crippen LogP contribution in [0.1, 0.15) is 45.4 Å². The summed E-state index contributed by atoms with van der Waals surface area (Å²) < 4.78 is 70.9. The lowest BCUT2D eigenvalue weighted by atomic mass is 10.1. The molecule has 0 radical (unpaired) electrons. The van der Waals surface area contributed by atoms with Gasteiger partial charge in [-0.25, -0.2) is 31.7 Å². The van der Waals surface area contributed by atoms with Crippen molar-refractivity contribution in [2.45, 2.75) is 62.0 Å². The maximum atomic E-state index is 13.7. The molecule has 0 bridgehead atoms. The highest BCUT2D eigenvalue weighted by Gasteiger charge is 2.24. The minimum absolute atomic E-state index is 0.000526. The lowest BCUT2D eigenvalue weighted by Crippen LogP contribution is -2.30. The molecule has 0 spiro atoms. The number of benzene rings is 4. The van der Waals surface area contributed by atoms with Crippen molar-refractivity contribution >= 4 is 71.5 Å². The number of anilines is 3. The molecule has 0 aliphatic rings. The predicted molar refractivity (Wildman–Crippen MR) is 202 cm³/mol. The molecule has 0 saturated heterocycles. The number of halogens is 1. The first-order valence-electron chi connectivity index (χ1n) is 16.7. The van der Waals surface area contributed by atoms with Gasteiger partial charge in [-0.2, -0.15) is 0 Å². The van der Waals surface area contributed by atoms with Gasteiger partial charge in [0.15, 0.2) is 6.73 Å². The number of amides is 1. The molecule has 20 heteroatoms. The summed E-state index contributed by atoms with van der Waals surface area (Å²) in [4.78, 5) is 22.3. The van der Waals surface area contributed by atoms with Gasteiger partial charge in [0.1, 0.15) is 21.1 Å². The van der Waals surface area contributed by atoms with Crippen LogP contribution < -0.4 is 25.0 Å². The second kappa shape index (κ2) is 17.9. The monoisotopic (exact) mass is 800 g/mol. The molecule has 4 aromatic carbocycles. The summed E-state index contributed by atoms with van der Waals surface area (Å²) >= 11 is 6.12. The van der Waals surface area contributed by atoms with Crippen molar-refractivity contribution < 1.29 is 36.0 Å². The Morgan fingerprint density at radius 1 is 0.833 bits per heavy atom. The number of unbranched alkanes of at least 4 members (excludes halogenated alkanes) is 5. The van der Waals surface area contributed by atoms with Crippen LogP contribution in [0, 0.1) is 10.1 Å². The molecule has 0 fully saturated rings. The number of hydrogen-bond acceptors (Lipinski definition) is 12. The SMILES string of the molecule is CCCCCCCCOc1ccc(NS(=O)(=O)c2ccccc2Cl)cc1S(=O)(=O)Nc1ccc(NNC(=O)OCn2nnc3cc([N+](=O)[O-])ccc32)cc1. The number of fused-ring (bicyclic) bond motifs is 1. The van der Waals surface area contributed by atoms with Gasteiger partial charge in [0.25, 0.3) is 25.7 Å². The molecule has 54 heavy (non-hydrogen) atoms. The fourth-order valence-corrected chi connectivity index (χ4v) is 7.92. The molecule has 0 saturated carbocycles. The van der Waals surface area contributed by atoms with Crippen LogP contribution >= 0.6 is 11.6 Å². The average Bonchev–Trinajstić information content (AvgIpc) is 3.55. The zero-order chi connectivity index (χ0) is 38.7. The summed E-state index contributed by atoms with van der Waals surface area (Å²) in [6.07, 6.45) is 5.13. The van der Waals surface area contributed by atoms with E-state index in [-0.39, 0.29) is 56.5 Å². The molecule has 286 valence electrons. The van der Waals surface area contributed by atoms with Crippen molar-refractivity contribution in [3.8, 4) is 5.75 Å². The fraction of sp³-hybridized carbons (Fsp3) is 0.265. The maximum absolute atomic E-state index is 13.7. The van der Waals surface area contributed by atoms with E-state index in [1.54, 1.807) is 6.07 Å². The van der Waals surface area contributed by atoms with Crippen molar-refractivity contribution in [1.29, 1.82) is 0 Å². The molecule has 4 N–H and O–H groups in total. The topological polar surface area (TPSA) is 226 Å². The minimum atomic E-state index is -4.33. The zero-order valence-electron chi connectivity index (χ0n) is 28.9. The van der Waals surface area contributed by atoms with Gasteiger partial charge in [-0.3, -0.25) is 25.0 Å². The van der Waals surface area contributed by atoms with Gasteiger partial charge in [-0.1, -0.05) is 68.0 Å². The summed E-state index contributed by atoms with van der Waals surface area (Å²) in [5.74, 6) is 0.0398. The lowest BCUT2D eigenvalue weighted by Gasteiger charge is -2.16. The van der Waals surface area contributed by atoms with E-state index in [4.69, 9.17) is 21.1 Å². The molecular formula is C34H37ClN8O9S2. The van der Waals surface area contributed by atoms with E-state index in [9.17, 15) is 31.7 Å². The number of hydrogen-bond donors (Lipinski definition) is 4. The van der Waals surface area contributed by atoms with Crippen molar-refractivity contribution in [2.75, 3.05) is 21.5 Å². The molecule has 5 aromatic rings. The van der Waals surface area contributed by atoms with Crippen LogP contribution in [-0.2, 0) is 31.5 Å². The number of nitrogens with zero attached hydrogens (tertiary/aromatic N) is 4. The Morgan fingerprint density at radius 3 is 2.24 bits per heavy atom. The predicted octanol–water partition coefficient (Wildman–Crippen LogP) is 7.04. The van der Waals surface area contributed by atoms with Crippen LogP contribution in [0.5, 0.6) is 5.75 Å². The van der Waals surface area contributed by atoms with Crippen LogP contribution in [0.25, 0.3) is 11.0 Å². The number of carbonyl (C=O) groups is 1. The Balaban J connectivity index is 1.23. The second-order valence-electron chi connectivity index (χ2n) is 11.8. The number of nitro benzene ring substituents is 1. The highest BCUT2D eigenvalue weighted by molar-refractivity contribution is 7.93. The fourth-order valence-electron chi connectivity index (χ4n) is 5.12. The van der Waals surface area contributed by atoms with Crippen LogP contribution in [0.15, 0.2) is 94.7 Å². The average molecular weight is 801 g/mol. The minimum Gasteiger partial charge on any atom is -0.492 e. The largest absolute Gasteiger partial charge is 0.492 e. The third-order valence-electron chi connectivity index (χ3n) is 7.84. The highest BCUT2D eigenvalue weighted by atomic mass is 35.5. The van der Waals surface area contributed by atoms with E-state index in [1.807, 2.05) is 0 Å². The number of nitrogens with one attached hydrogen (secondary N) is 4. The number of non-ortho nitro benzene ring substituents is 1. The van der Waals surface area contributed by atoms with Crippen LogP contribution in [0.4, 0.5) is 27.5 Å².